The maximum atomic E-state index is 12.7. The fourth-order valence-electron chi connectivity index (χ4n) is 2.65. The lowest BCUT2D eigenvalue weighted by Crippen LogP contribution is -2.34. The summed E-state index contributed by atoms with van der Waals surface area (Å²) >= 11 is 7.67. The normalized spacial score (nSPS) is 12.0. The van der Waals surface area contributed by atoms with Gasteiger partial charge in [0.2, 0.25) is 0 Å². The number of hydrogen-bond donors (Lipinski definition) is 1. The number of benzene rings is 1. The minimum Gasteiger partial charge on any atom is -0.361 e. The first kappa shape index (κ1) is 19.5. The van der Waals surface area contributed by atoms with Crippen LogP contribution in [-0.2, 0) is 12.2 Å². The molecule has 0 saturated carbocycles. The van der Waals surface area contributed by atoms with Crippen molar-refractivity contribution in [1.29, 1.82) is 0 Å². The van der Waals surface area contributed by atoms with Crippen LogP contribution in [0, 0.1) is 6.92 Å². The second kappa shape index (κ2) is 9.06. The van der Waals surface area contributed by atoms with Crippen molar-refractivity contribution in [3.05, 3.63) is 76.3 Å². The molecule has 1 aromatic carbocycles. The van der Waals surface area contributed by atoms with Crippen LogP contribution in [0.3, 0.4) is 0 Å². The van der Waals surface area contributed by atoms with Crippen molar-refractivity contribution in [3.8, 4) is 0 Å². The third kappa shape index (κ3) is 5.34. The number of hydrogen-bond acceptors (Lipinski definition) is 5. The highest BCUT2D eigenvalue weighted by molar-refractivity contribution is 7.98. The van der Waals surface area contributed by atoms with E-state index < -0.39 is 0 Å². The van der Waals surface area contributed by atoms with Gasteiger partial charge in [-0.05, 0) is 44.0 Å². The van der Waals surface area contributed by atoms with Gasteiger partial charge < -0.3 is 9.84 Å². The van der Waals surface area contributed by atoms with Crippen LogP contribution in [-0.4, -0.2) is 22.1 Å². The number of aromatic nitrogens is 2. The summed E-state index contributed by atoms with van der Waals surface area (Å²) in [6, 6.07) is 13.0. The van der Waals surface area contributed by atoms with Gasteiger partial charge in [-0.3, -0.25) is 4.79 Å². The number of amides is 1. The summed E-state index contributed by atoms with van der Waals surface area (Å²) in [6.07, 6.45) is 2.34. The summed E-state index contributed by atoms with van der Waals surface area (Å²) < 4.78 is 5.08. The van der Waals surface area contributed by atoms with Crippen molar-refractivity contribution < 1.29 is 9.32 Å². The number of nitrogens with zero attached hydrogens (tertiary/aromatic N) is 2. The van der Waals surface area contributed by atoms with Crippen LogP contribution < -0.4 is 5.32 Å². The summed E-state index contributed by atoms with van der Waals surface area (Å²) in [7, 11) is 0. The fraction of sp³-hybridized carbons (Fsp3) is 0.250. The number of pyridine rings is 1. The SMILES string of the molecule is Cc1cc(CSc2ncccc2C(=O)NC(C)Cc2ccccc2Cl)no1. The van der Waals surface area contributed by atoms with Crippen LogP contribution in [0.25, 0.3) is 0 Å². The third-order valence-corrected chi connectivity index (χ3v) is 5.32. The lowest BCUT2D eigenvalue weighted by Gasteiger charge is -2.16. The van der Waals surface area contributed by atoms with Gasteiger partial charge in [0.1, 0.15) is 10.8 Å². The Morgan fingerprint density at radius 2 is 2.11 bits per heavy atom. The predicted octanol–water partition coefficient (Wildman–Crippen LogP) is 4.68. The molecule has 1 amide bonds. The Morgan fingerprint density at radius 1 is 1.30 bits per heavy atom. The Kier molecular flexibility index (Phi) is 6.53. The average molecular weight is 402 g/mol. The van der Waals surface area contributed by atoms with Crippen molar-refractivity contribution in [2.24, 2.45) is 0 Å². The van der Waals surface area contributed by atoms with Gasteiger partial charge in [-0.25, -0.2) is 4.98 Å². The Bertz CT molecular complexity index is 929. The molecule has 0 fully saturated rings. The van der Waals surface area contributed by atoms with Crippen molar-refractivity contribution in [3.63, 3.8) is 0 Å². The number of halogens is 1. The largest absolute Gasteiger partial charge is 0.361 e. The van der Waals surface area contributed by atoms with Crippen LogP contribution in [0.5, 0.6) is 0 Å². The lowest BCUT2D eigenvalue weighted by atomic mass is 10.1. The van der Waals surface area contributed by atoms with Gasteiger partial charge >= 0.3 is 0 Å². The van der Waals surface area contributed by atoms with Crippen LogP contribution in [0.2, 0.25) is 5.02 Å². The Hall–Kier alpha value is -2.31. The molecule has 7 heteroatoms. The summed E-state index contributed by atoms with van der Waals surface area (Å²) in [5.74, 6) is 1.20. The van der Waals surface area contributed by atoms with Gasteiger partial charge in [0.25, 0.3) is 5.91 Å². The number of rotatable bonds is 7. The van der Waals surface area contributed by atoms with E-state index in [1.165, 1.54) is 11.8 Å². The van der Waals surface area contributed by atoms with E-state index in [0.717, 1.165) is 17.0 Å². The van der Waals surface area contributed by atoms with Crippen molar-refractivity contribution in [2.45, 2.75) is 37.1 Å². The molecular formula is C20H20ClN3O2S. The summed E-state index contributed by atoms with van der Waals surface area (Å²) in [6.45, 7) is 3.81. The van der Waals surface area contributed by atoms with E-state index in [9.17, 15) is 4.79 Å². The second-order valence-electron chi connectivity index (χ2n) is 6.24. The molecule has 0 saturated heterocycles. The molecule has 27 heavy (non-hydrogen) atoms. The number of carbonyl (C=O) groups excluding carboxylic acids is 1. The second-order valence-corrected chi connectivity index (χ2v) is 7.61. The van der Waals surface area contributed by atoms with Gasteiger partial charge in [-0.15, -0.1) is 0 Å². The molecule has 0 aliphatic rings. The minimum absolute atomic E-state index is 0.0614. The number of carbonyl (C=O) groups is 1. The molecule has 0 spiro atoms. The van der Waals surface area contributed by atoms with Crippen LogP contribution in [0.15, 0.2) is 58.2 Å². The number of aryl methyl sites for hydroxylation is 1. The summed E-state index contributed by atoms with van der Waals surface area (Å²) in [4.78, 5) is 17.1. The van der Waals surface area contributed by atoms with Crippen LogP contribution >= 0.6 is 23.4 Å². The smallest absolute Gasteiger partial charge is 0.254 e. The molecule has 3 rings (SSSR count). The van der Waals surface area contributed by atoms with Gasteiger partial charge in [-0.2, -0.15) is 0 Å². The molecule has 3 aromatic rings. The molecule has 2 aromatic heterocycles. The van der Waals surface area contributed by atoms with E-state index in [1.54, 1.807) is 18.3 Å². The van der Waals surface area contributed by atoms with E-state index in [0.29, 0.717) is 27.8 Å². The molecular weight excluding hydrogens is 382 g/mol. The van der Waals surface area contributed by atoms with Gasteiger partial charge in [0.05, 0.1) is 11.3 Å². The van der Waals surface area contributed by atoms with Gasteiger partial charge in [0.15, 0.2) is 0 Å². The van der Waals surface area contributed by atoms with E-state index in [4.69, 9.17) is 16.1 Å². The molecule has 2 heterocycles. The third-order valence-electron chi connectivity index (χ3n) is 3.91. The standard InChI is InChI=1S/C20H20ClN3O2S/c1-13(10-15-6-3-4-8-18(15)21)23-19(25)17-7-5-9-22-20(17)27-12-16-11-14(2)26-24-16/h3-9,11,13H,10,12H2,1-2H3,(H,23,25). The molecule has 140 valence electrons. The van der Waals surface area contributed by atoms with E-state index in [2.05, 4.69) is 15.5 Å². The molecule has 0 aliphatic heterocycles. The quantitative estimate of drug-likeness (QED) is 0.582. The zero-order valence-corrected chi connectivity index (χ0v) is 16.7. The zero-order valence-electron chi connectivity index (χ0n) is 15.1. The molecule has 1 atom stereocenters. The molecule has 0 bridgehead atoms. The van der Waals surface area contributed by atoms with Crippen LogP contribution in [0.1, 0.15) is 34.3 Å². The first-order chi connectivity index (χ1) is 13.0. The zero-order chi connectivity index (χ0) is 19.2. The molecule has 1 N–H and O–H groups in total. The fourth-order valence-corrected chi connectivity index (χ4v) is 3.74. The monoisotopic (exact) mass is 401 g/mol. The molecule has 0 aliphatic carbocycles. The first-order valence-electron chi connectivity index (χ1n) is 8.57. The minimum atomic E-state index is -0.151. The summed E-state index contributed by atoms with van der Waals surface area (Å²) in [5.41, 5.74) is 2.38. The highest BCUT2D eigenvalue weighted by Crippen LogP contribution is 2.24. The maximum absolute atomic E-state index is 12.7. The Balaban J connectivity index is 1.64. The van der Waals surface area contributed by atoms with E-state index in [1.807, 2.05) is 44.2 Å². The predicted molar refractivity (Wildman–Crippen MR) is 107 cm³/mol. The first-order valence-corrected chi connectivity index (χ1v) is 9.93. The number of nitrogens with one attached hydrogen (secondary N) is 1. The molecule has 0 radical (unpaired) electrons. The average Bonchev–Trinajstić information content (AvgIpc) is 3.07. The topological polar surface area (TPSA) is 68.0 Å². The van der Waals surface area contributed by atoms with Gasteiger partial charge in [-0.1, -0.05) is 46.7 Å². The Labute approximate surface area is 167 Å². The van der Waals surface area contributed by atoms with Gasteiger partial charge in [0, 0.05) is 29.1 Å². The molecule has 5 nitrogen and oxygen atoms in total. The van der Waals surface area contributed by atoms with Crippen LogP contribution in [0.4, 0.5) is 0 Å². The van der Waals surface area contributed by atoms with Crippen molar-refractivity contribution in [1.82, 2.24) is 15.5 Å². The molecule has 1 unspecified atom stereocenters. The summed E-state index contributed by atoms with van der Waals surface area (Å²) in [5, 5.41) is 8.38. The number of thioether (sulfide) groups is 1. The van der Waals surface area contributed by atoms with E-state index >= 15 is 0 Å². The lowest BCUT2D eigenvalue weighted by molar-refractivity contribution is 0.0936. The highest BCUT2D eigenvalue weighted by Gasteiger charge is 2.16. The maximum Gasteiger partial charge on any atom is 0.254 e. The van der Waals surface area contributed by atoms with E-state index in [-0.39, 0.29) is 11.9 Å². The van der Waals surface area contributed by atoms with Crippen molar-refractivity contribution >= 4 is 29.3 Å². The van der Waals surface area contributed by atoms with Crippen molar-refractivity contribution in [2.75, 3.05) is 0 Å². The highest BCUT2D eigenvalue weighted by atomic mass is 35.5. The Morgan fingerprint density at radius 3 is 2.85 bits per heavy atom.